The molecule has 1 atom stereocenters. The molecule has 1 amide bonds. The Morgan fingerprint density at radius 1 is 1.09 bits per heavy atom. The zero-order chi connectivity index (χ0) is 15.7. The van der Waals surface area contributed by atoms with Crippen molar-refractivity contribution in [1.29, 1.82) is 0 Å². The van der Waals surface area contributed by atoms with Gasteiger partial charge in [0.25, 0.3) is 5.91 Å². The molecular weight excluding hydrogens is 324 g/mol. The number of piperidine rings is 1. The molecule has 0 aromatic carbocycles. The maximum atomic E-state index is 12.7. The third kappa shape index (κ3) is 3.23. The van der Waals surface area contributed by atoms with Gasteiger partial charge in [-0.25, -0.2) is 0 Å². The average Bonchev–Trinajstić information content (AvgIpc) is 3.30. The van der Waals surface area contributed by atoms with Crippen LogP contribution in [0.25, 0.3) is 0 Å². The summed E-state index contributed by atoms with van der Waals surface area (Å²) in [4.78, 5) is 19.7. The average molecular weight is 347 g/mol. The van der Waals surface area contributed by atoms with Gasteiger partial charge in [-0.2, -0.15) is 0 Å². The van der Waals surface area contributed by atoms with Gasteiger partial charge in [-0.15, -0.1) is 22.7 Å². The summed E-state index contributed by atoms with van der Waals surface area (Å²) in [6, 6.07) is 8.28. The molecule has 2 aromatic rings. The molecule has 1 spiro atoms. The van der Waals surface area contributed by atoms with Crippen LogP contribution in [-0.4, -0.2) is 41.9 Å². The molecule has 4 heterocycles. The number of carbonyl (C=O) groups is 1. The van der Waals surface area contributed by atoms with E-state index < -0.39 is 0 Å². The molecule has 2 aromatic heterocycles. The lowest BCUT2D eigenvalue weighted by molar-refractivity contribution is 0.0531. The molecule has 2 aliphatic heterocycles. The number of nitrogens with zero attached hydrogens (tertiary/aromatic N) is 2. The number of hydrogen-bond acceptors (Lipinski definition) is 4. The van der Waals surface area contributed by atoms with Gasteiger partial charge < -0.3 is 4.90 Å². The van der Waals surface area contributed by atoms with E-state index in [0.29, 0.717) is 5.41 Å². The highest BCUT2D eigenvalue weighted by atomic mass is 32.1. The molecule has 0 aliphatic carbocycles. The summed E-state index contributed by atoms with van der Waals surface area (Å²) in [5.41, 5.74) is 0.322. The monoisotopic (exact) mass is 346 g/mol. The van der Waals surface area contributed by atoms with Crippen LogP contribution in [0.4, 0.5) is 0 Å². The van der Waals surface area contributed by atoms with Gasteiger partial charge in [-0.3, -0.25) is 9.69 Å². The SMILES string of the molecule is O=C(c1cccs1)N1CCCC2(CCN(Cc3cccs3)C2)C1. The number of likely N-dealkylation sites (tertiary alicyclic amines) is 2. The Morgan fingerprint density at radius 2 is 1.96 bits per heavy atom. The molecule has 4 rings (SSSR count). The van der Waals surface area contributed by atoms with Crippen molar-refractivity contribution < 1.29 is 4.79 Å². The van der Waals surface area contributed by atoms with E-state index in [1.807, 2.05) is 28.8 Å². The van der Waals surface area contributed by atoms with E-state index in [2.05, 4.69) is 27.3 Å². The minimum Gasteiger partial charge on any atom is -0.337 e. The smallest absolute Gasteiger partial charge is 0.263 e. The van der Waals surface area contributed by atoms with Crippen molar-refractivity contribution >= 4 is 28.6 Å². The molecule has 3 nitrogen and oxygen atoms in total. The summed E-state index contributed by atoms with van der Waals surface area (Å²) in [6.45, 7) is 5.23. The van der Waals surface area contributed by atoms with Crippen LogP contribution in [-0.2, 0) is 6.54 Å². The molecule has 122 valence electrons. The number of rotatable bonds is 3. The van der Waals surface area contributed by atoms with Crippen LogP contribution in [0, 0.1) is 5.41 Å². The molecule has 2 saturated heterocycles. The summed E-state index contributed by atoms with van der Waals surface area (Å²) in [7, 11) is 0. The second-order valence-electron chi connectivity index (χ2n) is 6.85. The van der Waals surface area contributed by atoms with Crippen molar-refractivity contribution in [2.45, 2.75) is 25.8 Å². The largest absolute Gasteiger partial charge is 0.337 e. The van der Waals surface area contributed by atoms with Crippen molar-refractivity contribution in [1.82, 2.24) is 9.80 Å². The van der Waals surface area contributed by atoms with Crippen LogP contribution in [0.1, 0.15) is 33.8 Å². The van der Waals surface area contributed by atoms with E-state index in [1.54, 1.807) is 11.3 Å². The van der Waals surface area contributed by atoms with Crippen LogP contribution in [0.2, 0.25) is 0 Å². The van der Waals surface area contributed by atoms with Crippen molar-refractivity contribution in [3.8, 4) is 0 Å². The first kappa shape index (κ1) is 15.4. The highest BCUT2D eigenvalue weighted by Crippen LogP contribution is 2.40. The molecule has 2 fully saturated rings. The topological polar surface area (TPSA) is 23.6 Å². The molecule has 0 N–H and O–H groups in total. The van der Waals surface area contributed by atoms with Gasteiger partial charge in [0.2, 0.25) is 0 Å². The van der Waals surface area contributed by atoms with E-state index in [9.17, 15) is 4.79 Å². The first-order valence-corrected chi connectivity index (χ1v) is 10.1. The van der Waals surface area contributed by atoms with Crippen molar-refractivity contribution in [3.05, 3.63) is 44.8 Å². The van der Waals surface area contributed by atoms with Gasteiger partial charge >= 0.3 is 0 Å². The Bertz CT molecular complexity index is 653. The fourth-order valence-corrected chi connectivity index (χ4v) is 5.49. The Kier molecular flexibility index (Phi) is 4.26. The van der Waals surface area contributed by atoms with Crippen molar-refractivity contribution in [2.24, 2.45) is 5.41 Å². The van der Waals surface area contributed by atoms with Gasteiger partial charge in [0.05, 0.1) is 4.88 Å². The molecule has 23 heavy (non-hydrogen) atoms. The first-order valence-electron chi connectivity index (χ1n) is 8.32. The Labute approximate surface area is 145 Å². The zero-order valence-electron chi connectivity index (χ0n) is 13.2. The lowest BCUT2D eigenvalue weighted by Gasteiger charge is -2.40. The summed E-state index contributed by atoms with van der Waals surface area (Å²) in [5.74, 6) is 0.232. The third-order valence-corrected chi connectivity index (χ3v) is 6.88. The summed E-state index contributed by atoms with van der Waals surface area (Å²) in [6.07, 6.45) is 3.64. The quantitative estimate of drug-likeness (QED) is 0.840. The first-order chi connectivity index (χ1) is 11.2. The van der Waals surface area contributed by atoms with E-state index in [1.165, 1.54) is 24.3 Å². The molecule has 5 heteroatoms. The maximum absolute atomic E-state index is 12.7. The molecule has 1 unspecified atom stereocenters. The summed E-state index contributed by atoms with van der Waals surface area (Å²) >= 11 is 3.40. The molecule has 0 saturated carbocycles. The predicted molar refractivity (Wildman–Crippen MR) is 96.1 cm³/mol. The Hall–Kier alpha value is -1.17. The normalized spacial score (nSPS) is 25.3. The summed E-state index contributed by atoms with van der Waals surface area (Å²) in [5, 5.41) is 4.15. The molecule has 2 aliphatic rings. The van der Waals surface area contributed by atoms with E-state index in [0.717, 1.165) is 37.5 Å². The predicted octanol–water partition coefficient (Wildman–Crippen LogP) is 3.94. The maximum Gasteiger partial charge on any atom is 0.263 e. The van der Waals surface area contributed by atoms with E-state index >= 15 is 0 Å². The zero-order valence-corrected chi connectivity index (χ0v) is 14.9. The molecule has 0 radical (unpaired) electrons. The molecular formula is C18H22N2OS2. The van der Waals surface area contributed by atoms with Crippen LogP contribution in [0.3, 0.4) is 0 Å². The van der Waals surface area contributed by atoms with Crippen LogP contribution in [0.5, 0.6) is 0 Å². The van der Waals surface area contributed by atoms with E-state index in [-0.39, 0.29) is 5.91 Å². The van der Waals surface area contributed by atoms with Crippen molar-refractivity contribution in [3.63, 3.8) is 0 Å². The third-order valence-electron chi connectivity index (χ3n) is 5.16. The number of carbonyl (C=O) groups excluding carboxylic acids is 1. The van der Waals surface area contributed by atoms with Gasteiger partial charge in [0.1, 0.15) is 0 Å². The summed E-state index contributed by atoms with van der Waals surface area (Å²) < 4.78 is 0. The van der Waals surface area contributed by atoms with Gasteiger partial charge in [0, 0.05) is 36.5 Å². The highest BCUT2D eigenvalue weighted by Gasteiger charge is 2.42. The second-order valence-corrected chi connectivity index (χ2v) is 8.83. The van der Waals surface area contributed by atoms with Crippen molar-refractivity contribution in [2.75, 3.05) is 26.2 Å². The number of hydrogen-bond donors (Lipinski definition) is 0. The fourth-order valence-electron chi connectivity index (χ4n) is 4.06. The van der Waals surface area contributed by atoms with Gasteiger partial charge in [-0.05, 0) is 48.7 Å². The lowest BCUT2D eigenvalue weighted by Crippen LogP contribution is -2.47. The van der Waals surface area contributed by atoms with Gasteiger partial charge in [-0.1, -0.05) is 12.1 Å². The van der Waals surface area contributed by atoms with Crippen LogP contribution < -0.4 is 0 Å². The minimum absolute atomic E-state index is 0.232. The minimum atomic E-state index is 0.232. The fraction of sp³-hybridized carbons (Fsp3) is 0.500. The highest BCUT2D eigenvalue weighted by molar-refractivity contribution is 7.12. The Morgan fingerprint density at radius 3 is 2.74 bits per heavy atom. The number of thiophene rings is 2. The van der Waals surface area contributed by atoms with E-state index in [4.69, 9.17) is 0 Å². The molecule has 0 bridgehead atoms. The Balaban J connectivity index is 1.42. The van der Waals surface area contributed by atoms with Gasteiger partial charge in [0.15, 0.2) is 0 Å². The van der Waals surface area contributed by atoms with Crippen LogP contribution >= 0.6 is 22.7 Å². The number of amides is 1. The standard InChI is InChI=1S/C18H22N2OS2/c21-17(16-5-2-11-23-16)20-8-3-6-18(14-20)7-9-19(13-18)12-15-4-1-10-22-15/h1-2,4-5,10-11H,3,6-9,12-14H2. The lowest BCUT2D eigenvalue weighted by atomic mass is 9.79. The second kappa shape index (κ2) is 6.38. The van der Waals surface area contributed by atoms with Crippen LogP contribution in [0.15, 0.2) is 35.0 Å².